The molecule has 0 aromatic carbocycles. The van der Waals surface area contributed by atoms with Gasteiger partial charge in [-0.05, 0) is 25.0 Å². The Kier molecular flexibility index (Phi) is 5.30. The number of carboxylic acid groups (broad SMARTS) is 1. The Hall–Kier alpha value is -1.40. The number of aliphatic carboxylic acids is 1. The lowest BCUT2D eigenvalue weighted by atomic mass is 10.2. The molecule has 3 N–H and O–H groups in total. The number of carbonyl (C=O) groups is 2. The first kappa shape index (κ1) is 14.7. The molecule has 18 heavy (non-hydrogen) atoms. The van der Waals surface area contributed by atoms with Gasteiger partial charge >= 0.3 is 5.97 Å². The second-order valence-corrected chi connectivity index (χ2v) is 5.11. The summed E-state index contributed by atoms with van der Waals surface area (Å²) in [7, 11) is 0. The predicted octanol–water partition coefficient (Wildman–Crippen LogP) is 1.18. The van der Waals surface area contributed by atoms with Crippen molar-refractivity contribution in [1.82, 2.24) is 5.32 Å². The van der Waals surface area contributed by atoms with Gasteiger partial charge in [-0.25, -0.2) is 4.79 Å². The number of hydrogen-bond acceptors (Lipinski definition) is 4. The van der Waals surface area contributed by atoms with Crippen molar-refractivity contribution in [3.05, 3.63) is 21.4 Å². The van der Waals surface area contributed by atoms with Crippen LogP contribution in [0.5, 0.6) is 0 Å². The Morgan fingerprint density at radius 2 is 2.17 bits per heavy atom. The number of aliphatic hydroxyl groups excluding tert-OH is 1. The number of hydrogen-bond donors (Lipinski definition) is 3. The van der Waals surface area contributed by atoms with Gasteiger partial charge in [0.1, 0.15) is 0 Å². The van der Waals surface area contributed by atoms with Crippen LogP contribution < -0.4 is 5.32 Å². The highest BCUT2D eigenvalue weighted by Crippen LogP contribution is 2.22. The molecule has 0 radical (unpaired) electrons. The summed E-state index contributed by atoms with van der Waals surface area (Å²) in [6.45, 7) is 4.13. The third-order valence-corrected chi connectivity index (χ3v) is 3.93. The monoisotopic (exact) mass is 271 g/mol. The molecule has 0 saturated carbocycles. The Labute approximate surface area is 109 Å². The molecule has 1 heterocycles. The van der Waals surface area contributed by atoms with Crippen LogP contribution in [0.25, 0.3) is 0 Å². The van der Waals surface area contributed by atoms with E-state index in [1.54, 1.807) is 0 Å². The van der Waals surface area contributed by atoms with Gasteiger partial charge in [-0.3, -0.25) is 4.79 Å². The van der Waals surface area contributed by atoms with Crippen LogP contribution in [-0.2, 0) is 11.2 Å². The number of carboxylic acids is 1. The van der Waals surface area contributed by atoms with E-state index in [0.717, 1.165) is 12.0 Å². The second-order valence-electron chi connectivity index (χ2n) is 3.97. The van der Waals surface area contributed by atoms with E-state index in [2.05, 4.69) is 5.32 Å². The highest BCUT2D eigenvalue weighted by molar-refractivity contribution is 7.14. The molecule has 0 aliphatic rings. The van der Waals surface area contributed by atoms with E-state index in [9.17, 15) is 9.59 Å². The fourth-order valence-electron chi connectivity index (χ4n) is 1.52. The highest BCUT2D eigenvalue weighted by Gasteiger charge is 2.15. The molecular weight excluding hydrogens is 254 g/mol. The molecule has 5 nitrogen and oxygen atoms in total. The summed E-state index contributed by atoms with van der Waals surface area (Å²) in [5, 5.41) is 20.1. The summed E-state index contributed by atoms with van der Waals surface area (Å²) in [4.78, 5) is 23.9. The van der Waals surface area contributed by atoms with E-state index < -0.39 is 12.1 Å². The average Bonchev–Trinajstić information content (AvgIpc) is 2.70. The van der Waals surface area contributed by atoms with E-state index in [1.165, 1.54) is 16.2 Å². The third-order valence-electron chi connectivity index (χ3n) is 2.55. The molecule has 0 aliphatic carbocycles. The molecule has 1 aromatic heterocycles. The predicted molar refractivity (Wildman–Crippen MR) is 69.0 cm³/mol. The third kappa shape index (κ3) is 3.82. The molecule has 100 valence electrons. The molecule has 6 heteroatoms. The first-order valence-electron chi connectivity index (χ1n) is 5.74. The zero-order valence-corrected chi connectivity index (χ0v) is 11.2. The van der Waals surface area contributed by atoms with Crippen LogP contribution in [0.4, 0.5) is 0 Å². The molecule has 0 aliphatic heterocycles. The van der Waals surface area contributed by atoms with Crippen molar-refractivity contribution in [3.8, 4) is 0 Å². The molecule has 0 spiro atoms. The topological polar surface area (TPSA) is 86.6 Å². The van der Waals surface area contributed by atoms with E-state index in [1.807, 2.05) is 19.9 Å². The molecule has 1 rings (SSSR count). The molecule has 1 amide bonds. The van der Waals surface area contributed by atoms with Gasteiger partial charge in [-0.1, -0.05) is 6.92 Å². The summed E-state index contributed by atoms with van der Waals surface area (Å²) < 4.78 is 0. The number of amides is 1. The number of rotatable bonds is 6. The smallest absolute Gasteiger partial charge is 0.332 e. The lowest BCUT2D eigenvalue weighted by Gasteiger charge is -2.06. The standard InChI is InChI=1S/C12H17NO4S/c1-3-9-7(2)6-10(18-9)11(15)13-5-4-8(14)12(16)17/h6,8,14H,3-5H2,1-2H3,(H,13,15)(H,16,17). The summed E-state index contributed by atoms with van der Waals surface area (Å²) in [5.41, 5.74) is 1.10. The minimum absolute atomic E-state index is 0.00602. The molecule has 1 aromatic rings. The van der Waals surface area contributed by atoms with Crippen molar-refractivity contribution in [2.75, 3.05) is 6.54 Å². The van der Waals surface area contributed by atoms with Gasteiger partial charge in [0.25, 0.3) is 5.91 Å². The summed E-state index contributed by atoms with van der Waals surface area (Å²) in [6, 6.07) is 1.83. The molecule has 0 saturated heterocycles. The maximum Gasteiger partial charge on any atom is 0.332 e. The summed E-state index contributed by atoms with van der Waals surface area (Å²) >= 11 is 1.44. The number of aryl methyl sites for hydroxylation is 2. The Morgan fingerprint density at radius 1 is 1.50 bits per heavy atom. The number of carbonyl (C=O) groups excluding carboxylic acids is 1. The fraction of sp³-hybridized carbons (Fsp3) is 0.500. The van der Waals surface area contributed by atoms with Gasteiger partial charge in [0, 0.05) is 17.8 Å². The van der Waals surface area contributed by atoms with E-state index in [4.69, 9.17) is 10.2 Å². The van der Waals surface area contributed by atoms with E-state index in [-0.39, 0.29) is 18.9 Å². The lowest BCUT2D eigenvalue weighted by molar-refractivity contribution is -0.146. The van der Waals surface area contributed by atoms with Crippen LogP contribution in [0, 0.1) is 6.92 Å². The van der Waals surface area contributed by atoms with Gasteiger partial charge in [0.15, 0.2) is 6.10 Å². The van der Waals surface area contributed by atoms with Gasteiger partial charge < -0.3 is 15.5 Å². The highest BCUT2D eigenvalue weighted by atomic mass is 32.1. The maximum absolute atomic E-state index is 11.7. The van der Waals surface area contributed by atoms with E-state index in [0.29, 0.717) is 4.88 Å². The van der Waals surface area contributed by atoms with Gasteiger partial charge in [-0.15, -0.1) is 11.3 Å². The quantitative estimate of drug-likeness (QED) is 0.725. The molecule has 0 bridgehead atoms. The minimum atomic E-state index is -1.43. The van der Waals surface area contributed by atoms with Crippen LogP contribution in [0.2, 0.25) is 0 Å². The van der Waals surface area contributed by atoms with Crippen LogP contribution >= 0.6 is 11.3 Å². The normalized spacial score (nSPS) is 12.2. The lowest BCUT2D eigenvalue weighted by Crippen LogP contribution is -2.29. The van der Waals surface area contributed by atoms with Gasteiger partial charge in [0.2, 0.25) is 0 Å². The van der Waals surface area contributed by atoms with Crippen molar-refractivity contribution < 1.29 is 19.8 Å². The van der Waals surface area contributed by atoms with Crippen molar-refractivity contribution in [3.63, 3.8) is 0 Å². The van der Waals surface area contributed by atoms with Crippen molar-refractivity contribution in [1.29, 1.82) is 0 Å². The van der Waals surface area contributed by atoms with Crippen LogP contribution in [0.1, 0.15) is 33.5 Å². The SMILES string of the molecule is CCc1sc(C(=O)NCCC(O)C(=O)O)cc1C. The number of aliphatic hydroxyl groups is 1. The van der Waals surface area contributed by atoms with Crippen molar-refractivity contribution >= 4 is 23.2 Å². The Bertz CT molecular complexity index is 441. The summed E-state index contributed by atoms with van der Waals surface area (Å²) in [5.74, 6) is -1.50. The molecule has 1 unspecified atom stereocenters. The first-order chi connectivity index (χ1) is 8.45. The average molecular weight is 271 g/mol. The van der Waals surface area contributed by atoms with Crippen molar-refractivity contribution in [2.24, 2.45) is 0 Å². The molecule has 1 atom stereocenters. The Morgan fingerprint density at radius 3 is 2.67 bits per heavy atom. The maximum atomic E-state index is 11.7. The van der Waals surface area contributed by atoms with Gasteiger partial charge in [-0.2, -0.15) is 0 Å². The van der Waals surface area contributed by atoms with Gasteiger partial charge in [0.05, 0.1) is 4.88 Å². The van der Waals surface area contributed by atoms with Crippen molar-refractivity contribution in [2.45, 2.75) is 32.8 Å². The Balaban J connectivity index is 2.48. The summed E-state index contributed by atoms with van der Waals surface area (Å²) in [6.07, 6.45) is -0.533. The largest absolute Gasteiger partial charge is 0.479 e. The van der Waals surface area contributed by atoms with Crippen LogP contribution in [0.15, 0.2) is 6.07 Å². The zero-order valence-electron chi connectivity index (χ0n) is 10.4. The zero-order chi connectivity index (χ0) is 13.7. The fourth-order valence-corrected chi connectivity index (χ4v) is 2.55. The van der Waals surface area contributed by atoms with Crippen LogP contribution in [0.3, 0.4) is 0 Å². The number of nitrogens with one attached hydrogen (secondary N) is 1. The number of thiophene rings is 1. The van der Waals surface area contributed by atoms with E-state index >= 15 is 0 Å². The van der Waals surface area contributed by atoms with Crippen LogP contribution in [-0.4, -0.2) is 34.7 Å². The first-order valence-corrected chi connectivity index (χ1v) is 6.55. The minimum Gasteiger partial charge on any atom is -0.479 e. The molecule has 0 fully saturated rings. The second kappa shape index (κ2) is 6.51. The molecular formula is C12H17NO4S.